The van der Waals surface area contributed by atoms with Gasteiger partial charge in [-0.15, -0.1) is 0 Å². The van der Waals surface area contributed by atoms with E-state index in [0.29, 0.717) is 0 Å². The van der Waals surface area contributed by atoms with Crippen LogP contribution in [0.25, 0.3) is 0 Å². The van der Waals surface area contributed by atoms with Crippen LogP contribution < -0.4 is 10.3 Å². The maximum Gasteiger partial charge on any atom is 0.271 e. The molecule has 0 amide bonds. The summed E-state index contributed by atoms with van der Waals surface area (Å²) in [6, 6.07) is 8.66. The third kappa shape index (κ3) is 9.18. The zero-order valence-corrected chi connectivity index (χ0v) is 9.21. The Labute approximate surface area is 85.1 Å². The fourth-order valence-corrected chi connectivity index (χ4v) is 0.824. The molecule has 0 heterocycles. The van der Waals surface area contributed by atoms with E-state index in [-0.39, 0.29) is 0 Å². The van der Waals surface area contributed by atoms with Crippen molar-refractivity contribution in [3.05, 3.63) is 35.4 Å². The number of hydrogen-bond donors (Lipinski definition) is 2. The van der Waals surface area contributed by atoms with Crippen LogP contribution in [0.5, 0.6) is 0 Å². The van der Waals surface area contributed by atoms with E-state index in [1.54, 1.807) is 0 Å². The van der Waals surface area contributed by atoms with Crippen molar-refractivity contribution >= 4 is 10.2 Å². The molecule has 0 aliphatic heterocycles. The predicted octanol–water partition coefficient (Wildman–Crippen LogP) is 0.706. The van der Waals surface area contributed by atoms with Crippen molar-refractivity contribution in [2.45, 2.75) is 20.3 Å². The number of benzene rings is 1. The molecule has 4 N–H and O–H groups in total. The lowest BCUT2D eigenvalue weighted by molar-refractivity contribution is 0.599. The molecule has 1 rings (SSSR count). The van der Waals surface area contributed by atoms with Gasteiger partial charge in [-0.2, -0.15) is 8.42 Å². The lowest BCUT2D eigenvalue weighted by Crippen LogP contribution is -2.21. The van der Waals surface area contributed by atoms with E-state index in [2.05, 4.69) is 48.4 Å². The van der Waals surface area contributed by atoms with Crippen molar-refractivity contribution in [1.82, 2.24) is 0 Å². The Morgan fingerprint density at radius 2 is 1.50 bits per heavy atom. The summed E-state index contributed by atoms with van der Waals surface area (Å²) in [4.78, 5) is 0. The Balaban J connectivity index is 0.000000292. The van der Waals surface area contributed by atoms with Crippen LogP contribution in [-0.4, -0.2) is 8.42 Å². The molecule has 0 radical (unpaired) electrons. The number of rotatable bonds is 1. The first-order valence-corrected chi connectivity index (χ1v) is 5.80. The summed E-state index contributed by atoms with van der Waals surface area (Å²) in [5.41, 5.74) is 2.76. The lowest BCUT2D eigenvalue weighted by atomic mass is 10.1. The van der Waals surface area contributed by atoms with Gasteiger partial charge in [-0.25, -0.2) is 10.3 Å². The van der Waals surface area contributed by atoms with E-state index in [4.69, 9.17) is 0 Å². The molecule has 4 nitrogen and oxygen atoms in total. The Morgan fingerprint density at radius 3 is 1.79 bits per heavy atom. The highest BCUT2D eigenvalue weighted by Gasteiger charge is 1.84. The quantitative estimate of drug-likeness (QED) is 0.724. The molecule has 0 spiro atoms. The molecule has 0 fully saturated rings. The van der Waals surface area contributed by atoms with E-state index in [0.717, 1.165) is 6.42 Å². The SMILES string of the molecule is CCc1ccc(C)cc1.NS(N)(=O)=O. The van der Waals surface area contributed by atoms with Crippen LogP contribution in [0.1, 0.15) is 18.1 Å². The Morgan fingerprint density at radius 1 is 1.14 bits per heavy atom. The summed E-state index contributed by atoms with van der Waals surface area (Å²) >= 11 is 0. The summed E-state index contributed by atoms with van der Waals surface area (Å²) in [5.74, 6) is 0. The molecule has 80 valence electrons. The average molecular weight is 216 g/mol. The number of hydrogen-bond acceptors (Lipinski definition) is 2. The van der Waals surface area contributed by atoms with Crippen molar-refractivity contribution in [1.29, 1.82) is 0 Å². The minimum Gasteiger partial charge on any atom is -0.216 e. The summed E-state index contributed by atoms with van der Waals surface area (Å²) in [5, 5.41) is 8.21. The molecular formula is C9H16N2O2S. The fraction of sp³-hybridized carbons (Fsp3) is 0.333. The summed E-state index contributed by atoms with van der Waals surface area (Å²) < 4.78 is 18.4. The van der Waals surface area contributed by atoms with Crippen LogP contribution in [0.3, 0.4) is 0 Å². The van der Waals surface area contributed by atoms with E-state index in [1.807, 2.05) is 0 Å². The van der Waals surface area contributed by atoms with Gasteiger partial charge >= 0.3 is 0 Å². The highest BCUT2D eigenvalue weighted by molar-refractivity contribution is 7.86. The topological polar surface area (TPSA) is 86.2 Å². The molecule has 5 heteroatoms. The van der Waals surface area contributed by atoms with Crippen molar-refractivity contribution in [2.75, 3.05) is 0 Å². The Hall–Kier alpha value is -0.910. The van der Waals surface area contributed by atoms with E-state index < -0.39 is 10.2 Å². The Kier molecular flexibility index (Phi) is 5.37. The standard InChI is InChI=1S/C9H12.H4N2O2S/c1-3-9-6-4-8(2)5-7-9;1-5(2,3)4/h4-7H,3H2,1-2H3;(H4,1,2,3,4). The number of aryl methyl sites for hydroxylation is 2. The molecule has 0 saturated carbocycles. The van der Waals surface area contributed by atoms with Crippen LogP contribution in [0.4, 0.5) is 0 Å². The van der Waals surface area contributed by atoms with Gasteiger partial charge in [0.15, 0.2) is 0 Å². The van der Waals surface area contributed by atoms with E-state index in [9.17, 15) is 8.42 Å². The molecule has 0 aliphatic rings. The van der Waals surface area contributed by atoms with Crippen molar-refractivity contribution in [3.8, 4) is 0 Å². The second-order valence-corrected chi connectivity index (χ2v) is 4.11. The van der Waals surface area contributed by atoms with Gasteiger partial charge in [-0.05, 0) is 18.9 Å². The van der Waals surface area contributed by atoms with Crippen LogP contribution in [-0.2, 0) is 16.6 Å². The molecule has 0 atom stereocenters. The normalized spacial score (nSPS) is 10.3. The predicted molar refractivity (Wildman–Crippen MR) is 57.9 cm³/mol. The molecule has 0 saturated heterocycles. The third-order valence-electron chi connectivity index (χ3n) is 1.53. The van der Waals surface area contributed by atoms with Crippen LogP contribution in [0.2, 0.25) is 0 Å². The average Bonchev–Trinajstić information content (AvgIpc) is 2.03. The highest BCUT2D eigenvalue weighted by atomic mass is 32.2. The second kappa shape index (κ2) is 5.74. The van der Waals surface area contributed by atoms with Crippen molar-refractivity contribution in [3.63, 3.8) is 0 Å². The van der Waals surface area contributed by atoms with Gasteiger partial charge in [0.2, 0.25) is 0 Å². The summed E-state index contributed by atoms with van der Waals surface area (Å²) in [6.07, 6.45) is 1.14. The molecule has 0 unspecified atom stereocenters. The third-order valence-corrected chi connectivity index (χ3v) is 1.53. The molecule has 1 aromatic rings. The van der Waals surface area contributed by atoms with Crippen LogP contribution in [0, 0.1) is 6.92 Å². The van der Waals surface area contributed by atoms with Gasteiger partial charge in [0.25, 0.3) is 10.2 Å². The van der Waals surface area contributed by atoms with Crippen LogP contribution >= 0.6 is 0 Å². The van der Waals surface area contributed by atoms with Crippen molar-refractivity contribution in [2.24, 2.45) is 10.3 Å². The maximum absolute atomic E-state index is 9.19. The van der Waals surface area contributed by atoms with E-state index >= 15 is 0 Å². The Bertz CT molecular complexity index is 349. The first kappa shape index (κ1) is 13.1. The first-order valence-electron chi connectivity index (χ1n) is 4.19. The van der Waals surface area contributed by atoms with Gasteiger partial charge in [0.1, 0.15) is 0 Å². The minimum atomic E-state index is -3.67. The molecule has 0 bridgehead atoms. The van der Waals surface area contributed by atoms with Gasteiger partial charge in [-0.3, -0.25) is 0 Å². The molecule has 14 heavy (non-hydrogen) atoms. The van der Waals surface area contributed by atoms with Crippen LogP contribution in [0.15, 0.2) is 24.3 Å². The fourth-order valence-electron chi connectivity index (χ4n) is 0.824. The molecule has 0 aromatic heterocycles. The highest BCUT2D eigenvalue weighted by Crippen LogP contribution is 2.02. The lowest BCUT2D eigenvalue weighted by Gasteiger charge is -1.94. The summed E-state index contributed by atoms with van der Waals surface area (Å²) in [7, 11) is -3.67. The second-order valence-electron chi connectivity index (χ2n) is 2.93. The largest absolute Gasteiger partial charge is 0.271 e. The number of nitrogens with two attached hydrogens (primary N) is 2. The zero-order valence-electron chi connectivity index (χ0n) is 8.40. The smallest absolute Gasteiger partial charge is 0.216 e. The van der Waals surface area contributed by atoms with Crippen molar-refractivity contribution < 1.29 is 8.42 Å². The molecule has 0 aliphatic carbocycles. The monoisotopic (exact) mass is 216 g/mol. The van der Waals surface area contributed by atoms with Gasteiger partial charge in [0, 0.05) is 0 Å². The summed E-state index contributed by atoms with van der Waals surface area (Å²) in [6.45, 7) is 4.28. The van der Waals surface area contributed by atoms with Gasteiger partial charge in [0.05, 0.1) is 0 Å². The minimum absolute atomic E-state index is 1.14. The first-order chi connectivity index (χ1) is 6.33. The molecular weight excluding hydrogens is 200 g/mol. The van der Waals surface area contributed by atoms with Gasteiger partial charge in [-0.1, -0.05) is 36.8 Å². The molecule has 1 aromatic carbocycles. The van der Waals surface area contributed by atoms with Gasteiger partial charge < -0.3 is 0 Å². The zero-order chi connectivity index (χ0) is 11.2. The maximum atomic E-state index is 9.19. The van der Waals surface area contributed by atoms with E-state index in [1.165, 1.54) is 11.1 Å².